The van der Waals surface area contributed by atoms with Gasteiger partial charge in [0.1, 0.15) is 0 Å². The van der Waals surface area contributed by atoms with Gasteiger partial charge in [-0.1, -0.05) is 37.3 Å². The van der Waals surface area contributed by atoms with Crippen molar-refractivity contribution in [2.45, 2.75) is 18.2 Å². The molecule has 0 bridgehead atoms. The van der Waals surface area contributed by atoms with Gasteiger partial charge in [-0.3, -0.25) is 4.79 Å². The second-order valence-corrected chi connectivity index (χ2v) is 5.73. The van der Waals surface area contributed by atoms with E-state index < -0.39 is 0 Å². The summed E-state index contributed by atoms with van der Waals surface area (Å²) in [4.78, 5) is 13.3. The van der Waals surface area contributed by atoms with E-state index in [0.29, 0.717) is 5.75 Å². The van der Waals surface area contributed by atoms with Crippen LogP contribution < -0.4 is 9.47 Å². The number of carbonyl (C=O) groups excluding carboxylic acids is 1. The van der Waals surface area contributed by atoms with E-state index in [2.05, 4.69) is 6.92 Å². The Bertz CT molecular complexity index is 638. The second-order valence-electron chi connectivity index (χ2n) is 4.71. The molecule has 0 N–H and O–H groups in total. The number of hydrogen-bond donors (Lipinski definition) is 0. The molecule has 0 heterocycles. The van der Waals surface area contributed by atoms with Crippen molar-refractivity contribution in [2.24, 2.45) is 0 Å². The Morgan fingerprint density at radius 1 is 1.05 bits per heavy atom. The zero-order valence-corrected chi connectivity index (χ0v) is 13.9. The van der Waals surface area contributed by atoms with Crippen molar-refractivity contribution in [3.05, 3.63) is 53.6 Å². The molecule has 0 aromatic heterocycles. The lowest BCUT2D eigenvalue weighted by atomic mass is 10.1. The Morgan fingerprint density at radius 2 is 1.77 bits per heavy atom. The molecule has 0 saturated heterocycles. The minimum Gasteiger partial charge on any atom is -0.493 e. The normalized spacial score (nSPS) is 10.3. The van der Waals surface area contributed by atoms with Crippen LogP contribution in [0.25, 0.3) is 0 Å². The minimum atomic E-state index is 0.127. The van der Waals surface area contributed by atoms with E-state index >= 15 is 0 Å². The molecule has 0 unspecified atom stereocenters. The number of methoxy groups -OCH3 is 2. The van der Waals surface area contributed by atoms with E-state index in [0.717, 1.165) is 33.9 Å². The molecule has 0 aliphatic carbocycles. The van der Waals surface area contributed by atoms with Crippen LogP contribution in [0.4, 0.5) is 0 Å². The maximum absolute atomic E-state index is 12.2. The highest BCUT2D eigenvalue weighted by molar-refractivity contribution is 8.00. The SMILES string of the molecule is CCc1c(SCC(=O)c2ccccc2)ccc(OC)c1OC. The van der Waals surface area contributed by atoms with Crippen molar-refractivity contribution >= 4 is 17.5 Å². The molecule has 3 nitrogen and oxygen atoms in total. The van der Waals surface area contributed by atoms with Gasteiger partial charge in [-0.25, -0.2) is 0 Å². The molecule has 2 aromatic carbocycles. The fourth-order valence-corrected chi connectivity index (χ4v) is 3.32. The Labute approximate surface area is 135 Å². The van der Waals surface area contributed by atoms with Gasteiger partial charge < -0.3 is 9.47 Å². The molecule has 22 heavy (non-hydrogen) atoms. The zero-order chi connectivity index (χ0) is 15.9. The summed E-state index contributed by atoms with van der Waals surface area (Å²) < 4.78 is 10.8. The number of rotatable bonds is 7. The van der Waals surface area contributed by atoms with Crippen molar-refractivity contribution in [1.82, 2.24) is 0 Å². The van der Waals surface area contributed by atoms with Crippen LogP contribution in [-0.2, 0) is 6.42 Å². The molecule has 0 fully saturated rings. The topological polar surface area (TPSA) is 35.5 Å². The van der Waals surface area contributed by atoms with Crippen molar-refractivity contribution in [3.8, 4) is 11.5 Å². The fourth-order valence-electron chi connectivity index (χ4n) is 2.29. The van der Waals surface area contributed by atoms with Crippen LogP contribution >= 0.6 is 11.8 Å². The first-order chi connectivity index (χ1) is 10.7. The average molecular weight is 316 g/mol. The Kier molecular flexibility index (Phi) is 5.90. The first kappa shape index (κ1) is 16.4. The summed E-state index contributed by atoms with van der Waals surface area (Å²) in [5.41, 5.74) is 1.82. The third-order valence-corrected chi connectivity index (χ3v) is 4.51. The zero-order valence-electron chi connectivity index (χ0n) is 13.1. The lowest BCUT2D eigenvalue weighted by molar-refractivity contribution is 0.102. The van der Waals surface area contributed by atoms with Crippen LogP contribution in [0.3, 0.4) is 0 Å². The molecule has 2 aromatic rings. The number of ether oxygens (including phenoxy) is 2. The van der Waals surface area contributed by atoms with Crippen LogP contribution in [-0.4, -0.2) is 25.8 Å². The summed E-state index contributed by atoms with van der Waals surface area (Å²) >= 11 is 1.54. The summed E-state index contributed by atoms with van der Waals surface area (Å²) in [5.74, 6) is 2.01. The molecule has 2 rings (SSSR count). The molecule has 0 amide bonds. The van der Waals surface area contributed by atoms with Crippen LogP contribution in [0, 0.1) is 0 Å². The molecule has 4 heteroatoms. The summed E-state index contributed by atoms with van der Waals surface area (Å²) in [6.07, 6.45) is 0.822. The fraction of sp³-hybridized carbons (Fsp3) is 0.278. The lowest BCUT2D eigenvalue weighted by Crippen LogP contribution is -2.03. The maximum Gasteiger partial charge on any atom is 0.173 e. The van der Waals surface area contributed by atoms with Crippen LogP contribution in [0.5, 0.6) is 11.5 Å². The highest BCUT2D eigenvalue weighted by atomic mass is 32.2. The third kappa shape index (κ3) is 3.63. The number of carbonyl (C=O) groups is 1. The molecule has 0 atom stereocenters. The molecule has 0 aliphatic rings. The van der Waals surface area contributed by atoms with Crippen molar-refractivity contribution in [2.75, 3.05) is 20.0 Å². The molecule has 0 aliphatic heterocycles. The predicted octanol–water partition coefficient (Wildman–Crippen LogP) is 4.24. The molecular weight excluding hydrogens is 296 g/mol. The first-order valence-corrected chi connectivity index (χ1v) is 8.14. The Morgan fingerprint density at radius 3 is 2.36 bits per heavy atom. The number of ketones is 1. The lowest BCUT2D eigenvalue weighted by Gasteiger charge is -2.15. The van der Waals surface area contributed by atoms with Gasteiger partial charge in [-0.2, -0.15) is 0 Å². The first-order valence-electron chi connectivity index (χ1n) is 7.16. The highest BCUT2D eigenvalue weighted by Gasteiger charge is 2.15. The van der Waals surface area contributed by atoms with Gasteiger partial charge in [-0.05, 0) is 18.6 Å². The van der Waals surface area contributed by atoms with E-state index in [9.17, 15) is 4.79 Å². The highest BCUT2D eigenvalue weighted by Crippen LogP contribution is 2.38. The number of Topliss-reactive ketones (excluding diaryl/α,β-unsaturated/α-hetero) is 1. The molecule has 116 valence electrons. The largest absolute Gasteiger partial charge is 0.493 e. The standard InChI is InChI=1S/C18H20O3S/c1-4-14-17(11-10-16(20-2)18(14)21-3)22-12-15(19)13-8-6-5-7-9-13/h5-11H,4,12H2,1-3H3. The van der Waals surface area contributed by atoms with Crippen molar-refractivity contribution in [1.29, 1.82) is 0 Å². The monoisotopic (exact) mass is 316 g/mol. The molecular formula is C18H20O3S. The van der Waals surface area contributed by atoms with Crippen molar-refractivity contribution in [3.63, 3.8) is 0 Å². The van der Waals surface area contributed by atoms with Gasteiger partial charge >= 0.3 is 0 Å². The summed E-state index contributed by atoms with van der Waals surface area (Å²) in [7, 11) is 3.27. The average Bonchev–Trinajstić information content (AvgIpc) is 2.59. The molecule has 0 saturated carbocycles. The van der Waals surface area contributed by atoms with Gasteiger partial charge in [-0.15, -0.1) is 11.8 Å². The minimum absolute atomic E-state index is 0.127. The van der Waals surface area contributed by atoms with Crippen LogP contribution in [0.15, 0.2) is 47.4 Å². The van der Waals surface area contributed by atoms with E-state index in [1.807, 2.05) is 42.5 Å². The van der Waals surface area contributed by atoms with Gasteiger partial charge in [0.05, 0.1) is 20.0 Å². The predicted molar refractivity (Wildman–Crippen MR) is 90.4 cm³/mol. The quantitative estimate of drug-likeness (QED) is 0.565. The van der Waals surface area contributed by atoms with E-state index in [-0.39, 0.29) is 5.78 Å². The molecule has 0 spiro atoms. The van der Waals surface area contributed by atoms with E-state index in [4.69, 9.17) is 9.47 Å². The summed E-state index contributed by atoms with van der Waals surface area (Å²) in [6, 6.07) is 13.2. The van der Waals surface area contributed by atoms with Gasteiger partial charge in [0.15, 0.2) is 17.3 Å². The molecule has 0 radical (unpaired) electrons. The number of thioether (sulfide) groups is 1. The van der Waals surface area contributed by atoms with Crippen molar-refractivity contribution < 1.29 is 14.3 Å². The second kappa shape index (κ2) is 7.90. The smallest absolute Gasteiger partial charge is 0.173 e. The van der Waals surface area contributed by atoms with Crippen LogP contribution in [0.2, 0.25) is 0 Å². The van der Waals surface area contributed by atoms with Gasteiger partial charge in [0.25, 0.3) is 0 Å². The van der Waals surface area contributed by atoms with E-state index in [1.165, 1.54) is 11.8 Å². The summed E-state index contributed by atoms with van der Waals surface area (Å²) in [5, 5.41) is 0. The number of hydrogen-bond acceptors (Lipinski definition) is 4. The van der Waals surface area contributed by atoms with Crippen LogP contribution in [0.1, 0.15) is 22.8 Å². The number of benzene rings is 2. The van der Waals surface area contributed by atoms with Gasteiger partial charge in [0, 0.05) is 16.0 Å². The maximum atomic E-state index is 12.2. The summed E-state index contributed by atoms with van der Waals surface area (Å²) in [6.45, 7) is 2.07. The Hall–Kier alpha value is -1.94. The van der Waals surface area contributed by atoms with E-state index in [1.54, 1.807) is 14.2 Å². The van der Waals surface area contributed by atoms with Gasteiger partial charge in [0.2, 0.25) is 0 Å². The third-order valence-electron chi connectivity index (χ3n) is 3.41. The Balaban J connectivity index is 2.18.